The zero-order valence-electron chi connectivity index (χ0n) is 10.0. The van der Waals surface area contributed by atoms with Gasteiger partial charge in [-0.25, -0.2) is 0 Å². The lowest BCUT2D eigenvalue weighted by Gasteiger charge is -2.11. The Kier molecular flexibility index (Phi) is 3.49. The number of benzene rings is 1. The number of phenols is 1. The molecule has 0 amide bonds. The first-order chi connectivity index (χ1) is 8.15. The Bertz CT molecular complexity index is 471. The maximum atomic E-state index is 9.23. The van der Waals surface area contributed by atoms with E-state index in [1.807, 2.05) is 25.1 Å². The number of nitrogens with two attached hydrogens (primary N) is 1. The number of rotatable bonds is 4. The summed E-state index contributed by atoms with van der Waals surface area (Å²) in [6, 6.07) is 11.6. The Balaban J connectivity index is 2.13. The second-order valence-corrected chi connectivity index (χ2v) is 4.48. The zero-order chi connectivity index (χ0) is 12.3. The van der Waals surface area contributed by atoms with Crippen LogP contribution in [-0.4, -0.2) is 15.7 Å². The summed E-state index contributed by atoms with van der Waals surface area (Å²) in [7, 11) is 0. The minimum atomic E-state index is 0.170. The summed E-state index contributed by atoms with van der Waals surface area (Å²) in [5.74, 6) is 0.303. The number of hydrogen-bond acceptors (Lipinski definition) is 2. The third-order valence-corrected chi connectivity index (χ3v) is 2.74. The van der Waals surface area contributed by atoms with Crippen molar-refractivity contribution in [3.63, 3.8) is 0 Å². The molecule has 17 heavy (non-hydrogen) atoms. The van der Waals surface area contributed by atoms with Crippen LogP contribution in [0.2, 0.25) is 0 Å². The van der Waals surface area contributed by atoms with E-state index in [2.05, 4.69) is 16.8 Å². The van der Waals surface area contributed by atoms with Gasteiger partial charge < -0.3 is 15.4 Å². The Hall–Kier alpha value is -1.74. The van der Waals surface area contributed by atoms with Crippen molar-refractivity contribution in [2.45, 2.75) is 25.9 Å². The third-order valence-electron chi connectivity index (χ3n) is 2.74. The summed E-state index contributed by atoms with van der Waals surface area (Å²) < 4.78 is 2.19. The lowest BCUT2D eigenvalue weighted by molar-refractivity contribution is 0.475. The number of phenolic OH excluding ortho intramolecular Hbond substituents is 1. The van der Waals surface area contributed by atoms with Crippen molar-refractivity contribution in [1.82, 2.24) is 4.57 Å². The van der Waals surface area contributed by atoms with Gasteiger partial charge in [-0.1, -0.05) is 12.1 Å². The molecule has 2 rings (SSSR count). The highest BCUT2D eigenvalue weighted by Gasteiger charge is 2.04. The van der Waals surface area contributed by atoms with Gasteiger partial charge in [0.1, 0.15) is 5.75 Å². The molecule has 0 aliphatic heterocycles. The predicted molar refractivity (Wildman–Crippen MR) is 69.0 cm³/mol. The minimum absolute atomic E-state index is 0.170. The first-order valence-corrected chi connectivity index (χ1v) is 5.82. The Morgan fingerprint density at radius 3 is 2.59 bits per heavy atom. The van der Waals surface area contributed by atoms with Crippen LogP contribution in [0.25, 0.3) is 0 Å². The topological polar surface area (TPSA) is 51.2 Å². The van der Waals surface area contributed by atoms with E-state index in [4.69, 9.17) is 5.73 Å². The summed E-state index contributed by atoms with van der Waals surface area (Å²) in [6.45, 7) is 2.83. The Morgan fingerprint density at radius 1 is 1.24 bits per heavy atom. The molecule has 1 heterocycles. The maximum absolute atomic E-state index is 9.23. The van der Waals surface area contributed by atoms with Gasteiger partial charge in [-0.05, 0) is 36.8 Å². The monoisotopic (exact) mass is 230 g/mol. The van der Waals surface area contributed by atoms with Crippen LogP contribution in [0.5, 0.6) is 5.75 Å². The molecule has 3 heteroatoms. The van der Waals surface area contributed by atoms with Crippen molar-refractivity contribution < 1.29 is 5.11 Å². The molecule has 0 saturated heterocycles. The number of aromatic hydroxyl groups is 1. The molecular weight excluding hydrogens is 212 g/mol. The smallest absolute Gasteiger partial charge is 0.115 e. The average molecular weight is 230 g/mol. The van der Waals surface area contributed by atoms with Gasteiger partial charge in [-0.15, -0.1) is 0 Å². The van der Waals surface area contributed by atoms with Gasteiger partial charge in [0, 0.05) is 30.9 Å². The standard InChI is InChI=1S/C14H18N2O/c1-11(15)9-13-3-2-8-16(13)10-12-4-6-14(17)7-5-12/h2-8,11,17H,9-10,15H2,1H3. The summed E-state index contributed by atoms with van der Waals surface area (Å²) in [4.78, 5) is 0. The maximum Gasteiger partial charge on any atom is 0.115 e. The lowest BCUT2D eigenvalue weighted by atomic mass is 10.2. The van der Waals surface area contributed by atoms with Gasteiger partial charge >= 0.3 is 0 Å². The van der Waals surface area contributed by atoms with Crippen molar-refractivity contribution in [2.75, 3.05) is 0 Å². The van der Waals surface area contributed by atoms with Crippen LogP contribution < -0.4 is 5.73 Å². The molecule has 2 aromatic rings. The fourth-order valence-electron chi connectivity index (χ4n) is 1.92. The van der Waals surface area contributed by atoms with E-state index in [9.17, 15) is 5.11 Å². The summed E-state index contributed by atoms with van der Waals surface area (Å²) in [5, 5.41) is 9.23. The molecule has 3 nitrogen and oxygen atoms in total. The highest BCUT2D eigenvalue weighted by Crippen LogP contribution is 2.13. The highest BCUT2D eigenvalue weighted by atomic mass is 16.3. The van der Waals surface area contributed by atoms with Gasteiger partial charge in [-0.3, -0.25) is 0 Å². The predicted octanol–water partition coefficient (Wildman–Crippen LogP) is 2.13. The van der Waals surface area contributed by atoms with Crippen LogP contribution in [0.4, 0.5) is 0 Å². The molecule has 3 N–H and O–H groups in total. The van der Waals surface area contributed by atoms with E-state index in [1.54, 1.807) is 12.1 Å². The minimum Gasteiger partial charge on any atom is -0.508 e. The second kappa shape index (κ2) is 5.06. The van der Waals surface area contributed by atoms with Crippen LogP contribution in [-0.2, 0) is 13.0 Å². The van der Waals surface area contributed by atoms with Gasteiger partial charge in [0.15, 0.2) is 0 Å². The van der Waals surface area contributed by atoms with Gasteiger partial charge in [0.05, 0.1) is 0 Å². The molecule has 0 aliphatic rings. The molecular formula is C14H18N2O. The molecule has 0 spiro atoms. The largest absolute Gasteiger partial charge is 0.508 e. The highest BCUT2D eigenvalue weighted by molar-refractivity contribution is 5.26. The summed E-state index contributed by atoms with van der Waals surface area (Å²) >= 11 is 0. The molecule has 0 fully saturated rings. The fraction of sp³-hybridized carbons (Fsp3) is 0.286. The van der Waals surface area contributed by atoms with Crippen molar-refractivity contribution in [2.24, 2.45) is 5.73 Å². The number of nitrogens with zero attached hydrogens (tertiary/aromatic N) is 1. The number of aromatic nitrogens is 1. The lowest BCUT2D eigenvalue weighted by Crippen LogP contribution is -2.20. The van der Waals surface area contributed by atoms with Gasteiger partial charge in [0.25, 0.3) is 0 Å². The second-order valence-electron chi connectivity index (χ2n) is 4.48. The summed E-state index contributed by atoms with van der Waals surface area (Å²) in [6.07, 6.45) is 2.94. The Labute approximate surface area is 102 Å². The van der Waals surface area contributed by atoms with Crippen LogP contribution in [0, 0.1) is 0 Å². The molecule has 1 aromatic heterocycles. The van der Waals surface area contributed by atoms with Crippen LogP contribution >= 0.6 is 0 Å². The molecule has 0 bridgehead atoms. The average Bonchev–Trinajstić information content (AvgIpc) is 2.68. The van der Waals surface area contributed by atoms with Gasteiger partial charge in [-0.2, -0.15) is 0 Å². The van der Waals surface area contributed by atoms with E-state index < -0.39 is 0 Å². The SMILES string of the molecule is CC(N)Cc1cccn1Cc1ccc(O)cc1. The molecule has 1 atom stereocenters. The van der Waals surface area contributed by atoms with E-state index in [-0.39, 0.29) is 6.04 Å². The quantitative estimate of drug-likeness (QED) is 0.845. The molecule has 90 valence electrons. The van der Waals surface area contributed by atoms with Crippen LogP contribution in [0.3, 0.4) is 0 Å². The van der Waals surface area contributed by atoms with Crippen molar-refractivity contribution >= 4 is 0 Å². The van der Waals surface area contributed by atoms with Crippen molar-refractivity contribution in [3.05, 3.63) is 53.9 Å². The van der Waals surface area contributed by atoms with E-state index in [1.165, 1.54) is 11.3 Å². The summed E-state index contributed by atoms with van der Waals surface area (Å²) in [5.41, 5.74) is 8.23. The molecule has 0 radical (unpaired) electrons. The van der Waals surface area contributed by atoms with Crippen molar-refractivity contribution in [3.8, 4) is 5.75 Å². The first kappa shape index (κ1) is 11.7. The van der Waals surface area contributed by atoms with Crippen molar-refractivity contribution in [1.29, 1.82) is 0 Å². The van der Waals surface area contributed by atoms with Gasteiger partial charge in [0.2, 0.25) is 0 Å². The number of hydrogen-bond donors (Lipinski definition) is 2. The molecule has 1 unspecified atom stereocenters. The van der Waals surface area contributed by atoms with E-state index in [0.717, 1.165) is 13.0 Å². The Morgan fingerprint density at radius 2 is 1.94 bits per heavy atom. The zero-order valence-corrected chi connectivity index (χ0v) is 10.0. The van der Waals surface area contributed by atoms with Crippen LogP contribution in [0.1, 0.15) is 18.2 Å². The fourth-order valence-corrected chi connectivity index (χ4v) is 1.92. The van der Waals surface area contributed by atoms with E-state index >= 15 is 0 Å². The molecule has 1 aromatic carbocycles. The van der Waals surface area contributed by atoms with Crippen LogP contribution in [0.15, 0.2) is 42.6 Å². The normalized spacial score (nSPS) is 12.6. The molecule has 0 aliphatic carbocycles. The first-order valence-electron chi connectivity index (χ1n) is 5.82. The van der Waals surface area contributed by atoms with E-state index in [0.29, 0.717) is 5.75 Å². The third kappa shape index (κ3) is 3.11. The molecule has 0 saturated carbocycles.